The zero-order valence-corrected chi connectivity index (χ0v) is 9.55. The largest absolute Gasteiger partial charge is 0.354 e. The molecule has 0 aliphatic carbocycles. The van der Waals surface area contributed by atoms with Crippen LogP contribution in [0.5, 0.6) is 0 Å². The molecule has 4 nitrogen and oxygen atoms in total. The van der Waals surface area contributed by atoms with Crippen molar-refractivity contribution in [2.45, 2.75) is 19.9 Å². The van der Waals surface area contributed by atoms with E-state index in [0.717, 1.165) is 13.1 Å². The fraction of sp³-hybridized carbons (Fsp3) is 0.900. The summed E-state index contributed by atoms with van der Waals surface area (Å²) in [5.74, 6) is 0.132. The first-order valence-electron chi connectivity index (χ1n) is 5.09. The molecule has 4 heteroatoms. The number of hydrogen-bond acceptors (Lipinski definition) is 3. The van der Waals surface area contributed by atoms with Crippen LogP contribution in [0.1, 0.15) is 13.8 Å². The van der Waals surface area contributed by atoms with Crippen molar-refractivity contribution in [1.29, 1.82) is 0 Å². The number of nitrogens with one attached hydrogen (secondary N) is 2. The lowest BCUT2D eigenvalue weighted by atomic mass is 9.93. The molecule has 0 aromatic rings. The highest BCUT2D eigenvalue weighted by Gasteiger charge is 2.32. The van der Waals surface area contributed by atoms with Crippen LogP contribution in [-0.4, -0.2) is 50.6 Å². The summed E-state index contributed by atoms with van der Waals surface area (Å²) in [4.78, 5) is 13.8. The molecule has 1 aliphatic heterocycles. The van der Waals surface area contributed by atoms with Crippen LogP contribution in [0.25, 0.3) is 0 Å². The van der Waals surface area contributed by atoms with Crippen LogP contribution < -0.4 is 10.6 Å². The van der Waals surface area contributed by atoms with Crippen molar-refractivity contribution in [2.24, 2.45) is 5.41 Å². The van der Waals surface area contributed by atoms with Gasteiger partial charge < -0.3 is 10.6 Å². The summed E-state index contributed by atoms with van der Waals surface area (Å²) in [7, 11) is 3.88. The van der Waals surface area contributed by atoms with E-state index >= 15 is 0 Å². The minimum Gasteiger partial charge on any atom is -0.354 e. The second kappa shape index (κ2) is 4.28. The number of nitrogens with zero attached hydrogens (tertiary/aromatic N) is 1. The molecule has 1 atom stereocenters. The molecular weight excluding hydrogens is 178 g/mol. The second-order valence-electron chi connectivity index (χ2n) is 4.87. The number of amides is 1. The van der Waals surface area contributed by atoms with E-state index in [4.69, 9.17) is 0 Å². The van der Waals surface area contributed by atoms with Gasteiger partial charge in [0.05, 0.1) is 0 Å². The maximum Gasteiger partial charge on any atom is 0.238 e. The first kappa shape index (κ1) is 11.5. The maximum absolute atomic E-state index is 11.7. The number of carbonyl (C=O) groups is 1. The molecular formula is C10H21N3O. The highest BCUT2D eigenvalue weighted by atomic mass is 16.2. The Hall–Kier alpha value is -0.610. The molecule has 0 aromatic heterocycles. The van der Waals surface area contributed by atoms with Crippen LogP contribution in [-0.2, 0) is 4.79 Å². The van der Waals surface area contributed by atoms with Crippen molar-refractivity contribution in [3.63, 3.8) is 0 Å². The van der Waals surface area contributed by atoms with E-state index < -0.39 is 0 Å². The predicted molar refractivity (Wildman–Crippen MR) is 57.1 cm³/mol. The molecule has 1 rings (SSSR count). The predicted octanol–water partition coefficient (Wildman–Crippen LogP) is -0.338. The van der Waals surface area contributed by atoms with Crippen LogP contribution in [0.4, 0.5) is 0 Å². The van der Waals surface area contributed by atoms with Gasteiger partial charge >= 0.3 is 0 Å². The summed E-state index contributed by atoms with van der Waals surface area (Å²) in [6.07, 6.45) is 0. The van der Waals surface area contributed by atoms with Crippen molar-refractivity contribution in [3.05, 3.63) is 0 Å². The van der Waals surface area contributed by atoms with Crippen molar-refractivity contribution in [1.82, 2.24) is 15.5 Å². The lowest BCUT2D eigenvalue weighted by Crippen LogP contribution is -2.47. The van der Waals surface area contributed by atoms with E-state index in [1.807, 2.05) is 14.1 Å². The molecule has 0 spiro atoms. The highest BCUT2D eigenvalue weighted by molar-refractivity contribution is 5.82. The molecule has 1 aliphatic rings. The van der Waals surface area contributed by atoms with Crippen LogP contribution in [0.3, 0.4) is 0 Å². The zero-order chi connectivity index (χ0) is 10.8. The standard InChI is InChI=1S/C10H21N3O/c1-10(2)6-12-9(14)8(5-11-3)13(4)7-10/h8,11H,5-7H2,1-4H3,(H,12,14). The van der Waals surface area contributed by atoms with Crippen LogP contribution >= 0.6 is 0 Å². The van der Waals surface area contributed by atoms with Gasteiger partial charge in [-0.3, -0.25) is 9.69 Å². The Labute approximate surface area is 86.0 Å². The monoisotopic (exact) mass is 199 g/mol. The quantitative estimate of drug-likeness (QED) is 0.639. The summed E-state index contributed by atoms with van der Waals surface area (Å²) in [6, 6.07) is -0.0400. The van der Waals surface area contributed by atoms with Crippen LogP contribution in [0, 0.1) is 5.41 Å². The molecule has 14 heavy (non-hydrogen) atoms. The third-order valence-corrected chi connectivity index (χ3v) is 2.65. The number of hydrogen-bond donors (Lipinski definition) is 2. The third kappa shape index (κ3) is 2.69. The van der Waals surface area contributed by atoms with Gasteiger partial charge in [-0.15, -0.1) is 0 Å². The molecule has 1 fully saturated rings. The van der Waals surface area contributed by atoms with Gasteiger partial charge in [0.15, 0.2) is 0 Å². The number of rotatable bonds is 2. The topological polar surface area (TPSA) is 44.4 Å². The number of carbonyl (C=O) groups excluding carboxylic acids is 1. The smallest absolute Gasteiger partial charge is 0.238 e. The fourth-order valence-corrected chi connectivity index (χ4v) is 1.93. The molecule has 1 heterocycles. The van der Waals surface area contributed by atoms with Crippen molar-refractivity contribution >= 4 is 5.91 Å². The van der Waals surface area contributed by atoms with Crippen LogP contribution in [0.2, 0.25) is 0 Å². The molecule has 82 valence electrons. The SMILES string of the molecule is CNCC1C(=O)NCC(C)(C)CN1C. The third-order valence-electron chi connectivity index (χ3n) is 2.65. The van der Waals surface area contributed by atoms with Gasteiger partial charge in [0.2, 0.25) is 5.91 Å². The Bertz CT molecular complexity index is 215. The van der Waals surface area contributed by atoms with Gasteiger partial charge in [0.25, 0.3) is 0 Å². The van der Waals surface area contributed by atoms with Gasteiger partial charge in [-0.1, -0.05) is 13.8 Å². The first-order valence-corrected chi connectivity index (χ1v) is 5.09. The second-order valence-corrected chi connectivity index (χ2v) is 4.87. The summed E-state index contributed by atoms with van der Waals surface area (Å²) >= 11 is 0. The molecule has 2 N–H and O–H groups in total. The summed E-state index contributed by atoms with van der Waals surface area (Å²) in [5.41, 5.74) is 0.160. The average molecular weight is 199 g/mol. The minimum atomic E-state index is -0.0400. The molecule has 0 radical (unpaired) electrons. The van der Waals surface area contributed by atoms with Crippen molar-refractivity contribution < 1.29 is 4.79 Å². The van der Waals surface area contributed by atoms with Crippen molar-refractivity contribution in [2.75, 3.05) is 33.7 Å². The Balaban J connectivity index is 2.71. The highest BCUT2D eigenvalue weighted by Crippen LogP contribution is 2.19. The molecule has 1 amide bonds. The van der Waals surface area contributed by atoms with Crippen molar-refractivity contribution in [3.8, 4) is 0 Å². The average Bonchev–Trinajstić information content (AvgIpc) is 2.16. The van der Waals surface area contributed by atoms with Crippen LogP contribution in [0.15, 0.2) is 0 Å². The van der Waals surface area contributed by atoms with E-state index in [1.54, 1.807) is 0 Å². The zero-order valence-electron chi connectivity index (χ0n) is 9.55. The summed E-state index contributed by atoms with van der Waals surface area (Å²) < 4.78 is 0. The Morgan fingerprint density at radius 2 is 2.29 bits per heavy atom. The van der Waals surface area contributed by atoms with E-state index in [0.29, 0.717) is 6.54 Å². The van der Waals surface area contributed by atoms with E-state index in [9.17, 15) is 4.79 Å². The van der Waals surface area contributed by atoms with Gasteiger partial charge in [-0.25, -0.2) is 0 Å². The summed E-state index contributed by atoms with van der Waals surface area (Å²) in [6.45, 7) is 6.75. The normalized spacial score (nSPS) is 28.3. The molecule has 0 saturated carbocycles. The molecule has 1 unspecified atom stereocenters. The van der Waals surface area contributed by atoms with E-state index in [1.165, 1.54) is 0 Å². The maximum atomic E-state index is 11.7. The first-order chi connectivity index (χ1) is 6.46. The van der Waals surface area contributed by atoms with Gasteiger partial charge in [0.1, 0.15) is 6.04 Å². The Morgan fingerprint density at radius 3 is 2.86 bits per heavy atom. The summed E-state index contributed by atoms with van der Waals surface area (Å²) in [5, 5.41) is 6.03. The minimum absolute atomic E-state index is 0.0400. The molecule has 0 bridgehead atoms. The fourth-order valence-electron chi connectivity index (χ4n) is 1.93. The lowest BCUT2D eigenvalue weighted by molar-refractivity contribution is -0.124. The van der Waals surface area contributed by atoms with Gasteiger partial charge in [-0.2, -0.15) is 0 Å². The van der Waals surface area contributed by atoms with Gasteiger partial charge in [-0.05, 0) is 19.5 Å². The number of likely N-dealkylation sites (N-methyl/N-ethyl adjacent to an activating group) is 2. The molecule has 0 aromatic carbocycles. The lowest BCUT2D eigenvalue weighted by Gasteiger charge is -2.29. The Kier molecular flexibility index (Phi) is 3.50. The Morgan fingerprint density at radius 1 is 1.64 bits per heavy atom. The van der Waals surface area contributed by atoms with E-state index in [2.05, 4.69) is 29.4 Å². The molecule has 1 saturated heterocycles. The van der Waals surface area contributed by atoms with E-state index in [-0.39, 0.29) is 17.4 Å². The van der Waals surface area contributed by atoms with Gasteiger partial charge in [0, 0.05) is 19.6 Å².